The fourth-order valence-electron chi connectivity index (χ4n) is 4.42. The van der Waals surface area contributed by atoms with Gasteiger partial charge in [0.05, 0.1) is 12.1 Å². The minimum absolute atomic E-state index is 0.0190. The molecule has 0 spiro atoms. The van der Waals surface area contributed by atoms with E-state index in [9.17, 15) is 9.90 Å². The maximum absolute atomic E-state index is 11.9. The first-order chi connectivity index (χ1) is 15.9. The minimum atomic E-state index is -0.627. The molecule has 4 rings (SSSR count). The van der Waals surface area contributed by atoms with Crippen molar-refractivity contribution in [2.24, 2.45) is 0 Å². The van der Waals surface area contributed by atoms with E-state index < -0.39 is 11.7 Å². The summed E-state index contributed by atoms with van der Waals surface area (Å²) in [5, 5.41) is 10.1. The van der Waals surface area contributed by atoms with Crippen LogP contribution in [0.1, 0.15) is 44.4 Å². The Labute approximate surface area is 195 Å². The highest BCUT2D eigenvalue weighted by Gasteiger charge is 2.35. The molecule has 1 aliphatic heterocycles. The molecule has 0 bridgehead atoms. The lowest BCUT2D eigenvalue weighted by Gasteiger charge is -2.41. The van der Waals surface area contributed by atoms with E-state index in [-0.39, 0.29) is 11.6 Å². The van der Waals surface area contributed by atoms with Crippen LogP contribution in [-0.4, -0.2) is 27.4 Å². The highest BCUT2D eigenvalue weighted by atomic mass is 16.5. The third-order valence-corrected chi connectivity index (χ3v) is 6.42. The molecule has 2 aromatic carbocycles. The molecule has 1 aliphatic rings. The molecule has 33 heavy (non-hydrogen) atoms. The molecular weight excluding hydrogens is 412 g/mol. The summed E-state index contributed by atoms with van der Waals surface area (Å²) in [6.45, 7) is 7.01. The van der Waals surface area contributed by atoms with E-state index >= 15 is 0 Å². The summed E-state index contributed by atoms with van der Waals surface area (Å²) in [6.07, 6.45) is 6.09. The summed E-state index contributed by atoms with van der Waals surface area (Å²) in [7, 11) is 0. The summed E-state index contributed by atoms with van der Waals surface area (Å²) < 4.78 is 8.11. The van der Waals surface area contributed by atoms with Crippen LogP contribution in [-0.2, 0) is 16.9 Å². The van der Waals surface area contributed by atoms with Gasteiger partial charge in [-0.25, -0.2) is 0 Å². The Bertz CT molecular complexity index is 1150. The minimum Gasteiger partial charge on any atom is -0.393 e. The van der Waals surface area contributed by atoms with Crippen LogP contribution in [0, 0.1) is 0 Å². The number of aromatic nitrogens is 1. The average molecular weight is 445 g/mol. The fraction of sp³-hybridized carbons (Fsp3) is 0.321. The van der Waals surface area contributed by atoms with E-state index in [1.165, 1.54) is 5.56 Å². The van der Waals surface area contributed by atoms with Crippen molar-refractivity contribution in [2.75, 3.05) is 6.73 Å². The van der Waals surface area contributed by atoms with Crippen LogP contribution in [0.3, 0.4) is 0 Å². The molecule has 2 heterocycles. The van der Waals surface area contributed by atoms with Crippen molar-refractivity contribution in [1.29, 1.82) is 0 Å². The second kappa shape index (κ2) is 9.77. The molecule has 0 fully saturated rings. The molecule has 1 aromatic heterocycles. The maximum Gasteiger partial charge on any atom is 0.250 e. The van der Waals surface area contributed by atoms with Crippen molar-refractivity contribution in [3.05, 3.63) is 107 Å². The zero-order valence-corrected chi connectivity index (χ0v) is 19.5. The molecule has 3 atom stereocenters. The fourth-order valence-corrected chi connectivity index (χ4v) is 4.42. The van der Waals surface area contributed by atoms with Crippen LogP contribution in [0.2, 0.25) is 0 Å². The van der Waals surface area contributed by atoms with Crippen LogP contribution in [0.4, 0.5) is 0 Å². The van der Waals surface area contributed by atoms with Crippen LogP contribution in [0.25, 0.3) is 11.1 Å². The number of aliphatic hydroxyl groups is 1. The van der Waals surface area contributed by atoms with Gasteiger partial charge in [-0.2, -0.15) is 0 Å². The number of nitrogens with zero attached hydrogens (tertiary/aromatic N) is 2. The molecule has 3 aromatic rings. The van der Waals surface area contributed by atoms with Gasteiger partial charge in [-0.15, -0.1) is 0 Å². The van der Waals surface area contributed by atoms with Gasteiger partial charge in [0.2, 0.25) is 0 Å². The summed E-state index contributed by atoms with van der Waals surface area (Å²) in [4.78, 5) is 14.0. The smallest absolute Gasteiger partial charge is 0.250 e. The molecule has 0 amide bonds. The summed E-state index contributed by atoms with van der Waals surface area (Å²) in [5.41, 5.74) is 3.73. The summed E-state index contributed by atoms with van der Waals surface area (Å²) >= 11 is 0. The van der Waals surface area contributed by atoms with Gasteiger partial charge in [-0.05, 0) is 55.2 Å². The van der Waals surface area contributed by atoms with E-state index in [0.717, 1.165) is 16.7 Å². The Kier molecular flexibility index (Phi) is 6.82. The van der Waals surface area contributed by atoms with Crippen molar-refractivity contribution < 1.29 is 9.84 Å². The van der Waals surface area contributed by atoms with Gasteiger partial charge in [0.1, 0.15) is 12.3 Å². The lowest BCUT2D eigenvalue weighted by Crippen LogP contribution is -2.40. The van der Waals surface area contributed by atoms with Gasteiger partial charge >= 0.3 is 0 Å². The molecule has 1 N–H and O–H groups in total. The Morgan fingerprint density at radius 2 is 1.70 bits per heavy atom. The predicted molar refractivity (Wildman–Crippen MR) is 132 cm³/mol. The van der Waals surface area contributed by atoms with Crippen LogP contribution in [0.5, 0.6) is 0 Å². The number of aryl methyl sites for hydroxylation is 1. The van der Waals surface area contributed by atoms with Crippen molar-refractivity contribution >= 4 is 0 Å². The van der Waals surface area contributed by atoms with E-state index in [2.05, 4.69) is 48.4 Å². The lowest BCUT2D eigenvalue weighted by molar-refractivity contribution is -0.1000. The van der Waals surface area contributed by atoms with Gasteiger partial charge in [0.25, 0.3) is 5.56 Å². The van der Waals surface area contributed by atoms with E-state index in [0.29, 0.717) is 19.7 Å². The largest absolute Gasteiger partial charge is 0.393 e. The van der Waals surface area contributed by atoms with E-state index in [4.69, 9.17) is 4.74 Å². The number of pyridine rings is 1. The highest BCUT2D eigenvalue weighted by molar-refractivity contribution is 5.62. The maximum atomic E-state index is 11.9. The SMILES string of the molecule is CCn1cc(-c2ccc([C@H](C)N3C=C[C@@](CC(C)O)(c4ccccc4)OC3)cc2)ccc1=O. The quantitative estimate of drug-likeness (QED) is 0.553. The summed E-state index contributed by atoms with van der Waals surface area (Å²) in [5.74, 6) is 0. The second-order valence-electron chi connectivity index (χ2n) is 8.75. The Morgan fingerprint density at radius 3 is 2.30 bits per heavy atom. The Hall–Kier alpha value is -3.15. The number of benzene rings is 2. The monoisotopic (exact) mass is 444 g/mol. The molecule has 1 unspecified atom stereocenters. The third kappa shape index (κ3) is 4.95. The zero-order chi connectivity index (χ0) is 23.4. The molecule has 0 saturated heterocycles. The van der Waals surface area contributed by atoms with Crippen molar-refractivity contribution in [2.45, 2.75) is 51.5 Å². The average Bonchev–Trinajstić information content (AvgIpc) is 2.85. The molecule has 0 radical (unpaired) electrons. The first-order valence-corrected chi connectivity index (χ1v) is 11.6. The first kappa shape index (κ1) is 23.0. The van der Waals surface area contributed by atoms with Gasteiger partial charge < -0.3 is 19.3 Å². The van der Waals surface area contributed by atoms with Crippen molar-refractivity contribution in [1.82, 2.24) is 9.47 Å². The number of hydrogen-bond acceptors (Lipinski definition) is 4. The molecule has 0 saturated carbocycles. The molecule has 5 heteroatoms. The highest BCUT2D eigenvalue weighted by Crippen LogP contribution is 2.37. The van der Waals surface area contributed by atoms with Crippen LogP contribution in [0.15, 0.2) is 90.0 Å². The normalized spacial score (nSPS) is 19.9. The number of rotatable bonds is 7. The second-order valence-corrected chi connectivity index (χ2v) is 8.75. The zero-order valence-electron chi connectivity index (χ0n) is 19.5. The van der Waals surface area contributed by atoms with Crippen LogP contribution >= 0.6 is 0 Å². The van der Waals surface area contributed by atoms with E-state index in [1.807, 2.05) is 49.5 Å². The van der Waals surface area contributed by atoms with Crippen molar-refractivity contribution in [3.8, 4) is 11.1 Å². The molecule has 0 aliphatic carbocycles. The number of hydrogen-bond donors (Lipinski definition) is 1. The van der Waals surface area contributed by atoms with E-state index in [1.54, 1.807) is 17.6 Å². The first-order valence-electron chi connectivity index (χ1n) is 11.6. The molecule has 5 nitrogen and oxygen atoms in total. The van der Waals surface area contributed by atoms with Gasteiger partial charge in [-0.3, -0.25) is 4.79 Å². The number of ether oxygens (including phenoxy) is 1. The van der Waals surface area contributed by atoms with Gasteiger partial charge in [0, 0.05) is 31.4 Å². The Morgan fingerprint density at radius 1 is 1.00 bits per heavy atom. The molecular formula is C28H32N2O3. The summed E-state index contributed by atoms with van der Waals surface area (Å²) in [6, 6.07) is 22.2. The van der Waals surface area contributed by atoms with Crippen LogP contribution < -0.4 is 5.56 Å². The predicted octanol–water partition coefficient (Wildman–Crippen LogP) is 5.07. The Balaban J connectivity index is 1.53. The number of aliphatic hydroxyl groups excluding tert-OH is 1. The standard InChI is InChI=1S/C28H32N2O3/c1-4-29-19-25(14-15-27(29)32)24-12-10-23(11-13-24)22(3)30-17-16-28(33-20-30,18-21(2)31)26-8-6-5-7-9-26/h5-17,19,21-22,31H,4,18,20H2,1-3H3/t21?,22-,28+/m0/s1. The molecule has 172 valence electrons. The van der Waals surface area contributed by atoms with Gasteiger partial charge in [0.15, 0.2) is 0 Å². The third-order valence-electron chi connectivity index (χ3n) is 6.42. The van der Waals surface area contributed by atoms with Crippen molar-refractivity contribution in [3.63, 3.8) is 0 Å². The van der Waals surface area contributed by atoms with Gasteiger partial charge in [-0.1, -0.05) is 54.6 Å². The lowest BCUT2D eigenvalue weighted by atomic mass is 9.87. The topological polar surface area (TPSA) is 54.7 Å².